The molecule has 0 aliphatic heterocycles. The normalized spacial score (nSPS) is 11.6. The Bertz CT molecular complexity index is 9610. The summed E-state index contributed by atoms with van der Waals surface area (Å²) in [6.07, 6.45) is 5.81. The topological polar surface area (TPSA) is 0 Å². The summed E-state index contributed by atoms with van der Waals surface area (Å²) in [5.41, 5.74) is 34.5. The van der Waals surface area contributed by atoms with E-state index in [1.807, 2.05) is 34.0 Å². The Morgan fingerprint density at radius 1 is 0.166 bits per heavy atom. The van der Waals surface area contributed by atoms with E-state index in [0.29, 0.717) is 5.92 Å². The summed E-state index contributed by atoms with van der Waals surface area (Å²) >= 11 is 5.67. The second-order valence-corrected chi connectivity index (χ2v) is 42.0. The largest absolute Gasteiger partial charge is 0.135 e. The SMILES string of the molecule is CC(C)c1ccc(-c2c3ccccc3c(-c3ccccc3)c3ccc(-c4cccc(-c5cccc6c5sc5ccccc56)c4)cc23)cc1.CCCCc1ccc(-c2c3ccccc3c(-c3ccccc3)c3ccc(-c4cccc(-c5cccc6c5sc5ccccc56)c4)cc23)cc1.CCCc1ccc(-c2c3ccccc3c(-c3ccccc3)c3ccc(-c4cccc(-c5cccc6c5sc5ccccc56)c4)cc23)cc1. The highest BCUT2D eigenvalue weighted by molar-refractivity contribution is 7.27. The molecule has 0 unspecified atom stereocenters. The van der Waals surface area contributed by atoms with Gasteiger partial charge < -0.3 is 0 Å². The molecule has 0 fully saturated rings. The molecule has 0 amide bonds. The van der Waals surface area contributed by atoms with Gasteiger partial charge in [-0.15, -0.1) is 34.0 Å². The summed E-state index contributed by atoms with van der Waals surface area (Å²) in [5, 5.41) is 23.4. The van der Waals surface area contributed by atoms with Crippen molar-refractivity contribution >= 4 is 159 Å². The molecule has 0 saturated carbocycles. The molecule has 0 radical (unpaired) electrons. The summed E-state index contributed by atoms with van der Waals surface area (Å²) in [5.74, 6) is 0.491. The quantitative estimate of drug-likeness (QED) is 0.0751. The Balaban J connectivity index is 0.000000114. The molecule has 3 heterocycles. The fraction of sp³-hybridized carbons (Fsp3) is 0.0704. The Morgan fingerprint density at radius 2 is 0.393 bits per heavy atom. The van der Waals surface area contributed by atoms with Crippen LogP contribution in [0.15, 0.2) is 491 Å². The fourth-order valence-corrected chi connectivity index (χ4v) is 26.4. The highest BCUT2D eigenvalue weighted by Gasteiger charge is 2.25. The van der Waals surface area contributed by atoms with Gasteiger partial charge in [-0.25, -0.2) is 0 Å². The van der Waals surface area contributed by atoms with Gasteiger partial charge in [-0.05, 0) is 295 Å². The molecule has 0 bridgehead atoms. The minimum Gasteiger partial charge on any atom is -0.135 e. The van der Waals surface area contributed by atoms with Gasteiger partial charge >= 0.3 is 0 Å². The van der Waals surface area contributed by atoms with E-state index in [4.69, 9.17) is 0 Å². The summed E-state index contributed by atoms with van der Waals surface area (Å²) in [7, 11) is 0. The van der Waals surface area contributed by atoms with Crippen LogP contribution in [-0.4, -0.2) is 0 Å². The second kappa shape index (κ2) is 39.1. The van der Waals surface area contributed by atoms with E-state index < -0.39 is 0 Å². The van der Waals surface area contributed by atoms with Gasteiger partial charge in [0.15, 0.2) is 0 Å². The molecular formula is C142H104S3. The zero-order valence-corrected chi connectivity index (χ0v) is 84.1. The lowest BCUT2D eigenvalue weighted by Crippen LogP contribution is -1.93. The standard InChI is InChI=1S/C48H36S.2C47H34S/c1-2-3-13-32-24-26-34(27-25-32)47-41-20-8-7-19-40(41)46(33-14-5-4-6-15-33)42-29-28-36(31-44(42)47)35-16-11-17-37(30-35)38-21-12-22-43-39-18-9-10-23-45(39)49-48(38)43;1-30(2)31-22-24-33(25-23-31)46-40-18-7-6-17-39(40)45(32-12-4-3-5-13-32)41-27-26-35(29-43(41)46)34-14-10-15-36(28-34)37-19-11-20-42-38-16-8-9-21-44(38)48-47(37)42;1-2-12-31-23-25-33(26-24-31)46-40-19-7-6-18-39(40)45(32-13-4-3-5-14-32)41-28-27-35(30-43(41)46)34-15-10-16-36(29-34)37-20-11-21-42-38-17-8-9-22-44(38)48-47(37)42/h4-12,14-31H,2-3,13H2,1H3;3-30H,1-2H3;3-11,13-30H,2,12H2,1H3. The number of fused-ring (bicyclic) bond motifs is 15. The van der Waals surface area contributed by atoms with Crippen LogP contribution in [-0.2, 0) is 12.8 Å². The van der Waals surface area contributed by atoms with Gasteiger partial charge in [-0.2, -0.15) is 0 Å². The second-order valence-electron chi connectivity index (χ2n) is 38.9. The Hall–Kier alpha value is -16.5. The number of hydrogen-bond donors (Lipinski definition) is 0. The smallest absolute Gasteiger partial charge is 0.0433 e. The van der Waals surface area contributed by atoms with Gasteiger partial charge in [-0.1, -0.05) is 477 Å². The number of unbranched alkanes of at least 4 members (excludes halogenated alkanes) is 1. The maximum absolute atomic E-state index is 2.44. The van der Waals surface area contributed by atoms with Crippen molar-refractivity contribution in [3.8, 4) is 134 Å². The van der Waals surface area contributed by atoms with E-state index in [0.717, 1.165) is 19.3 Å². The van der Waals surface area contributed by atoms with Crippen LogP contribution in [0.2, 0.25) is 0 Å². The molecule has 24 aromatic carbocycles. The van der Waals surface area contributed by atoms with Crippen molar-refractivity contribution in [2.24, 2.45) is 0 Å². The Kier molecular flexibility index (Phi) is 24.2. The number of aryl methyl sites for hydroxylation is 2. The van der Waals surface area contributed by atoms with E-state index >= 15 is 0 Å². The average molecular weight is 1910 g/mol. The van der Waals surface area contributed by atoms with Crippen LogP contribution >= 0.6 is 34.0 Å². The van der Waals surface area contributed by atoms with Crippen LogP contribution in [0.1, 0.15) is 69.6 Å². The van der Waals surface area contributed by atoms with Crippen molar-refractivity contribution in [2.45, 2.75) is 65.7 Å². The average Bonchev–Trinajstić information content (AvgIpc) is 0.962. The molecule has 0 nitrogen and oxygen atoms in total. The minimum atomic E-state index is 0.491. The first kappa shape index (κ1) is 89.8. The van der Waals surface area contributed by atoms with Gasteiger partial charge in [0, 0.05) is 60.5 Å². The maximum atomic E-state index is 2.44. The fourth-order valence-electron chi connectivity index (χ4n) is 22.7. The van der Waals surface area contributed by atoms with Crippen molar-refractivity contribution in [3.05, 3.63) is 508 Å². The molecule has 0 spiro atoms. The van der Waals surface area contributed by atoms with Crippen LogP contribution in [0.25, 0.3) is 259 Å². The van der Waals surface area contributed by atoms with Gasteiger partial charge in [0.25, 0.3) is 0 Å². The van der Waals surface area contributed by atoms with Crippen LogP contribution in [0.3, 0.4) is 0 Å². The summed E-state index contributed by atoms with van der Waals surface area (Å²) in [4.78, 5) is 0. The predicted octanol–water partition coefficient (Wildman–Crippen LogP) is 42.5. The Labute approximate surface area is 859 Å². The van der Waals surface area contributed by atoms with Gasteiger partial charge in [0.05, 0.1) is 0 Å². The number of thiophene rings is 3. The van der Waals surface area contributed by atoms with E-state index in [2.05, 4.69) is 519 Å². The Morgan fingerprint density at radius 3 is 0.697 bits per heavy atom. The third kappa shape index (κ3) is 16.8. The molecule has 0 N–H and O–H groups in total. The van der Waals surface area contributed by atoms with Crippen molar-refractivity contribution in [2.75, 3.05) is 0 Å². The first-order chi connectivity index (χ1) is 71.7. The van der Waals surface area contributed by atoms with E-state index in [9.17, 15) is 0 Å². The van der Waals surface area contributed by atoms with Crippen LogP contribution < -0.4 is 0 Å². The summed E-state index contributed by atoms with van der Waals surface area (Å²) in [6.45, 7) is 9.03. The molecule has 690 valence electrons. The first-order valence-electron chi connectivity index (χ1n) is 51.1. The lowest BCUT2D eigenvalue weighted by atomic mass is 9.84. The van der Waals surface area contributed by atoms with E-state index in [-0.39, 0.29) is 0 Å². The number of hydrogen-bond acceptors (Lipinski definition) is 3. The van der Waals surface area contributed by atoms with Gasteiger partial charge in [0.2, 0.25) is 0 Å². The van der Waals surface area contributed by atoms with E-state index in [1.54, 1.807) is 0 Å². The monoisotopic (exact) mass is 1900 g/mol. The highest BCUT2D eigenvalue weighted by atomic mass is 32.1. The zero-order chi connectivity index (χ0) is 97.0. The molecule has 0 aliphatic rings. The minimum absolute atomic E-state index is 0.491. The highest BCUT2D eigenvalue weighted by Crippen LogP contribution is 2.53. The van der Waals surface area contributed by atoms with Gasteiger partial charge in [0.1, 0.15) is 0 Å². The molecule has 0 atom stereocenters. The third-order valence-corrected chi connectivity index (χ3v) is 33.4. The number of rotatable bonds is 18. The van der Waals surface area contributed by atoms with Crippen molar-refractivity contribution in [1.29, 1.82) is 0 Å². The predicted molar refractivity (Wildman–Crippen MR) is 635 cm³/mol. The maximum Gasteiger partial charge on any atom is 0.0433 e. The molecule has 3 heteroatoms. The van der Waals surface area contributed by atoms with Crippen molar-refractivity contribution < 1.29 is 0 Å². The lowest BCUT2D eigenvalue weighted by molar-refractivity contribution is 0.795. The van der Waals surface area contributed by atoms with Crippen molar-refractivity contribution in [1.82, 2.24) is 0 Å². The summed E-state index contributed by atoms with van der Waals surface area (Å²) in [6, 6.07) is 182. The first-order valence-corrected chi connectivity index (χ1v) is 53.6. The molecule has 145 heavy (non-hydrogen) atoms. The molecule has 0 aliphatic carbocycles. The van der Waals surface area contributed by atoms with Crippen LogP contribution in [0, 0.1) is 0 Å². The van der Waals surface area contributed by atoms with Crippen molar-refractivity contribution in [3.63, 3.8) is 0 Å². The van der Waals surface area contributed by atoms with Crippen LogP contribution in [0.4, 0.5) is 0 Å². The third-order valence-electron chi connectivity index (χ3n) is 29.7. The lowest BCUT2D eigenvalue weighted by Gasteiger charge is -2.19. The zero-order valence-electron chi connectivity index (χ0n) is 81.6. The molecule has 27 aromatic rings. The van der Waals surface area contributed by atoms with Crippen LogP contribution in [0.5, 0.6) is 0 Å². The van der Waals surface area contributed by atoms with E-state index in [1.165, 1.54) is 288 Å². The summed E-state index contributed by atoms with van der Waals surface area (Å²) < 4.78 is 8.05. The molecule has 0 saturated heterocycles. The van der Waals surface area contributed by atoms with Gasteiger partial charge in [-0.3, -0.25) is 0 Å². The number of benzene rings is 24. The molecule has 27 rings (SSSR count). The molecule has 3 aromatic heterocycles. The molecular weight excluding hydrogens is 1800 g/mol.